The minimum absolute atomic E-state index is 0.114. The van der Waals surface area contributed by atoms with Gasteiger partial charge in [-0.25, -0.2) is 21.6 Å². The van der Waals surface area contributed by atoms with Crippen LogP contribution in [0.4, 0.5) is 13.2 Å². The number of hydrogen-bond acceptors (Lipinski definition) is 2. The molecule has 0 heterocycles. The van der Waals surface area contributed by atoms with Crippen molar-refractivity contribution in [2.24, 2.45) is 5.92 Å². The molecule has 0 bridgehead atoms. The largest absolute Gasteiger partial charge is 0.249 e. The number of hydrogen-bond donors (Lipinski definition) is 0. The molecule has 20 heavy (non-hydrogen) atoms. The van der Waals surface area contributed by atoms with Crippen molar-refractivity contribution in [1.29, 1.82) is 0 Å². The van der Waals surface area contributed by atoms with Gasteiger partial charge in [-0.3, -0.25) is 0 Å². The third-order valence-corrected chi connectivity index (χ3v) is 4.85. The molecule has 0 N–H and O–H groups in total. The van der Waals surface area contributed by atoms with Crippen LogP contribution >= 0.6 is 0 Å². The van der Waals surface area contributed by atoms with Crippen molar-refractivity contribution in [2.75, 3.05) is 13.1 Å². The zero-order chi connectivity index (χ0) is 14.9. The summed E-state index contributed by atoms with van der Waals surface area (Å²) in [5.74, 6) is -1.78. The van der Waals surface area contributed by atoms with Gasteiger partial charge in [0, 0.05) is 18.7 Å². The van der Waals surface area contributed by atoms with Gasteiger partial charge in [-0.2, -0.15) is 4.31 Å². The molecule has 1 aromatic carbocycles. The Hall–Kier alpha value is -1.52. The number of benzene rings is 1. The molecule has 2 rings (SSSR count). The van der Waals surface area contributed by atoms with E-state index in [-0.39, 0.29) is 19.0 Å². The molecule has 0 saturated heterocycles. The molecule has 0 atom stereocenters. The Morgan fingerprint density at radius 2 is 1.80 bits per heavy atom. The molecule has 1 aromatic rings. The first-order chi connectivity index (χ1) is 9.36. The number of rotatable bonds is 5. The van der Waals surface area contributed by atoms with E-state index in [9.17, 15) is 21.6 Å². The highest BCUT2D eigenvalue weighted by atomic mass is 32.2. The normalized spacial score (nSPS) is 15.3. The minimum atomic E-state index is -4.42. The van der Waals surface area contributed by atoms with E-state index in [0.29, 0.717) is 12.1 Å². The maximum Gasteiger partial charge on any atom is 0.249 e. The predicted octanol–water partition coefficient (Wildman–Crippen LogP) is 2.14. The summed E-state index contributed by atoms with van der Waals surface area (Å²) in [5.41, 5.74) is 0. The fourth-order valence-electron chi connectivity index (χ4n) is 1.84. The molecule has 108 valence electrons. The highest BCUT2D eigenvalue weighted by Crippen LogP contribution is 2.32. The Bertz CT molecular complexity index is 640. The van der Waals surface area contributed by atoms with Crippen LogP contribution in [0.3, 0.4) is 0 Å². The van der Waals surface area contributed by atoms with Crippen molar-refractivity contribution in [3.05, 3.63) is 29.6 Å². The summed E-state index contributed by atoms with van der Waals surface area (Å²) in [6, 6.07) is 0.669. The highest BCUT2D eigenvalue weighted by molar-refractivity contribution is 7.89. The summed E-state index contributed by atoms with van der Waals surface area (Å²) in [7, 11) is -4.42. The Balaban J connectivity index is 2.44. The van der Waals surface area contributed by atoms with Gasteiger partial charge in [-0.05, 0) is 18.8 Å². The summed E-state index contributed by atoms with van der Waals surface area (Å²) in [6.07, 6.45) is 6.80. The Kier molecular flexibility index (Phi) is 4.06. The molecular weight excluding hydrogens is 291 g/mol. The fourth-order valence-corrected chi connectivity index (χ4v) is 3.36. The lowest BCUT2D eigenvalue weighted by atomic mass is 10.3. The average molecular weight is 303 g/mol. The van der Waals surface area contributed by atoms with Crippen LogP contribution in [0.5, 0.6) is 0 Å². The third kappa shape index (κ3) is 2.97. The van der Waals surface area contributed by atoms with Crippen molar-refractivity contribution in [3.63, 3.8) is 0 Å². The van der Waals surface area contributed by atoms with Crippen LogP contribution in [0.2, 0.25) is 0 Å². The van der Waals surface area contributed by atoms with E-state index in [4.69, 9.17) is 6.42 Å². The van der Waals surface area contributed by atoms with Gasteiger partial charge >= 0.3 is 0 Å². The van der Waals surface area contributed by atoms with Gasteiger partial charge in [0.2, 0.25) is 10.0 Å². The molecule has 0 amide bonds. The van der Waals surface area contributed by atoms with Crippen molar-refractivity contribution >= 4 is 10.0 Å². The van der Waals surface area contributed by atoms with Crippen LogP contribution in [0.1, 0.15) is 12.8 Å². The summed E-state index contributed by atoms with van der Waals surface area (Å²) in [4.78, 5) is -1.16. The summed E-state index contributed by atoms with van der Waals surface area (Å²) in [5, 5.41) is 0. The van der Waals surface area contributed by atoms with Crippen molar-refractivity contribution in [1.82, 2.24) is 4.31 Å². The predicted molar refractivity (Wildman–Crippen MR) is 66.6 cm³/mol. The minimum Gasteiger partial charge on any atom is -0.207 e. The Morgan fingerprint density at radius 3 is 2.25 bits per heavy atom. The lowest BCUT2D eigenvalue weighted by Crippen LogP contribution is -2.34. The summed E-state index contributed by atoms with van der Waals surface area (Å²) in [6.45, 7) is -0.169. The van der Waals surface area contributed by atoms with Gasteiger partial charge in [0.15, 0.2) is 4.90 Å². The molecule has 0 aliphatic heterocycles. The van der Waals surface area contributed by atoms with Crippen LogP contribution < -0.4 is 0 Å². The second-order valence-corrected chi connectivity index (χ2v) is 6.52. The molecule has 3 nitrogen and oxygen atoms in total. The van der Waals surface area contributed by atoms with Crippen LogP contribution in [0.15, 0.2) is 17.0 Å². The van der Waals surface area contributed by atoms with Crippen LogP contribution in [0, 0.1) is 35.7 Å². The van der Waals surface area contributed by atoms with Crippen molar-refractivity contribution in [3.8, 4) is 12.3 Å². The Labute approximate surface area is 115 Å². The maximum absolute atomic E-state index is 13.6. The van der Waals surface area contributed by atoms with E-state index in [2.05, 4.69) is 5.92 Å². The Morgan fingerprint density at radius 1 is 1.25 bits per heavy atom. The topological polar surface area (TPSA) is 37.4 Å². The lowest BCUT2D eigenvalue weighted by Gasteiger charge is -2.20. The molecule has 1 fully saturated rings. The van der Waals surface area contributed by atoms with E-state index < -0.39 is 32.4 Å². The zero-order valence-corrected chi connectivity index (χ0v) is 11.3. The maximum atomic E-state index is 13.6. The number of halogens is 3. The monoisotopic (exact) mass is 303 g/mol. The molecule has 0 radical (unpaired) electrons. The van der Waals surface area contributed by atoms with E-state index in [0.717, 1.165) is 17.1 Å². The van der Waals surface area contributed by atoms with Gasteiger partial charge in [0.05, 0.1) is 6.54 Å². The lowest BCUT2D eigenvalue weighted by molar-refractivity contribution is 0.417. The quantitative estimate of drug-likeness (QED) is 0.782. The molecular formula is C13H12F3NO2S. The van der Waals surface area contributed by atoms with E-state index >= 15 is 0 Å². The molecule has 1 aliphatic rings. The molecule has 0 aromatic heterocycles. The second-order valence-electron chi connectivity index (χ2n) is 4.64. The number of sulfonamides is 1. The van der Waals surface area contributed by atoms with Crippen LogP contribution in [-0.2, 0) is 10.0 Å². The van der Waals surface area contributed by atoms with Gasteiger partial charge in [0.1, 0.15) is 17.5 Å². The third-order valence-electron chi connectivity index (χ3n) is 2.99. The van der Waals surface area contributed by atoms with Crippen molar-refractivity contribution < 1.29 is 21.6 Å². The number of nitrogens with zero attached hydrogens (tertiary/aromatic N) is 1. The van der Waals surface area contributed by atoms with E-state index in [1.165, 1.54) is 0 Å². The average Bonchev–Trinajstić information content (AvgIpc) is 3.10. The van der Waals surface area contributed by atoms with Gasteiger partial charge in [0.25, 0.3) is 0 Å². The van der Waals surface area contributed by atoms with Crippen LogP contribution in [0.25, 0.3) is 0 Å². The zero-order valence-electron chi connectivity index (χ0n) is 10.4. The van der Waals surface area contributed by atoms with Crippen molar-refractivity contribution in [2.45, 2.75) is 17.7 Å². The fraction of sp³-hybridized carbons (Fsp3) is 0.385. The number of terminal acetylenes is 1. The smallest absolute Gasteiger partial charge is 0.207 e. The first-order valence-electron chi connectivity index (χ1n) is 5.94. The molecule has 7 heteroatoms. The molecule has 0 spiro atoms. The summed E-state index contributed by atoms with van der Waals surface area (Å²) < 4.78 is 65.5. The van der Waals surface area contributed by atoms with Gasteiger partial charge in [-0.1, -0.05) is 5.92 Å². The SMILES string of the molecule is C#CCN(CC1CC1)S(=O)(=O)c1c(F)cc(F)cc1F. The van der Waals surface area contributed by atoms with E-state index in [1.54, 1.807) is 0 Å². The second kappa shape index (κ2) is 5.46. The standard InChI is InChI=1S/C13H12F3NO2S/c1-2-5-17(8-9-3-4-9)20(18,19)13-11(15)6-10(14)7-12(13)16/h1,6-7,9H,3-5,8H2. The first-order valence-corrected chi connectivity index (χ1v) is 7.38. The van der Waals surface area contributed by atoms with Gasteiger partial charge < -0.3 is 0 Å². The van der Waals surface area contributed by atoms with Crippen LogP contribution in [-0.4, -0.2) is 25.8 Å². The molecule has 1 saturated carbocycles. The van der Waals surface area contributed by atoms with Gasteiger partial charge in [-0.15, -0.1) is 6.42 Å². The summed E-state index contributed by atoms with van der Waals surface area (Å²) >= 11 is 0. The molecule has 1 aliphatic carbocycles. The molecule has 0 unspecified atom stereocenters. The first kappa shape index (κ1) is 14.9. The highest BCUT2D eigenvalue weighted by Gasteiger charge is 2.35. The van der Waals surface area contributed by atoms with E-state index in [1.807, 2.05) is 0 Å².